The fourth-order valence-corrected chi connectivity index (χ4v) is 8.24. The number of benzene rings is 2. The van der Waals surface area contributed by atoms with Crippen molar-refractivity contribution in [1.82, 2.24) is 5.32 Å². The zero-order valence-electron chi connectivity index (χ0n) is 20.0. The quantitative estimate of drug-likeness (QED) is 0.411. The molecule has 6 rings (SSSR count). The van der Waals surface area contributed by atoms with E-state index < -0.39 is 0 Å². The van der Waals surface area contributed by atoms with Gasteiger partial charge in [0.25, 0.3) is 0 Å². The minimum absolute atomic E-state index is 0.236. The van der Waals surface area contributed by atoms with Crippen LogP contribution in [0.25, 0.3) is 0 Å². The largest absolute Gasteiger partial charge is 0.490 e. The van der Waals surface area contributed by atoms with E-state index in [0.29, 0.717) is 39.8 Å². The van der Waals surface area contributed by atoms with Crippen LogP contribution in [0.1, 0.15) is 70.4 Å². The van der Waals surface area contributed by atoms with E-state index in [9.17, 15) is 0 Å². The molecule has 2 aromatic rings. The highest BCUT2D eigenvalue weighted by molar-refractivity contribution is 6.31. The molecule has 33 heavy (non-hydrogen) atoms. The maximum atomic E-state index is 6.75. The molecule has 1 N–H and O–H groups in total. The van der Waals surface area contributed by atoms with Crippen molar-refractivity contribution in [3.63, 3.8) is 0 Å². The predicted octanol–water partition coefficient (Wildman–Crippen LogP) is 7.81. The molecule has 2 aromatic carbocycles. The third-order valence-electron chi connectivity index (χ3n) is 7.98. The fourth-order valence-electron chi connectivity index (χ4n) is 7.81. The van der Waals surface area contributed by atoms with Crippen LogP contribution in [0.15, 0.2) is 36.4 Å². The molecule has 0 amide bonds. The summed E-state index contributed by atoms with van der Waals surface area (Å²) < 4.78 is 12.0. The summed E-state index contributed by atoms with van der Waals surface area (Å²) in [4.78, 5) is 0. The van der Waals surface area contributed by atoms with Crippen LogP contribution >= 0.6 is 23.2 Å². The van der Waals surface area contributed by atoms with Gasteiger partial charge >= 0.3 is 0 Å². The lowest BCUT2D eigenvalue weighted by molar-refractivity contribution is -0.118. The molecule has 0 aliphatic heterocycles. The van der Waals surface area contributed by atoms with Crippen LogP contribution in [0.3, 0.4) is 0 Å². The molecular weight excluding hydrogens is 453 g/mol. The molecule has 4 aliphatic carbocycles. The van der Waals surface area contributed by atoms with Crippen molar-refractivity contribution in [1.29, 1.82) is 0 Å². The van der Waals surface area contributed by atoms with Gasteiger partial charge in [-0.2, -0.15) is 0 Å². The number of rotatable bonds is 8. The monoisotopic (exact) mass is 487 g/mol. The second-order valence-corrected chi connectivity index (χ2v) is 12.3. The molecule has 5 heteroatoms. The molecule has 3 nitrogen and oxygen atoms in total. The Balaban J connectivity index is 1.32. The molecule has 0 saturated heterocycles. The summed E-state index contributed by atoms with van der Waals surface area (Å²) in [5.41, 5.74) is 3.29. The third kappa shape index (κ3) is 4.88. The highest BCUT2D eigenvalue weighted by atomic mass is 35.5. The van der Waals surface area contributed by atoms with Crippen LogP contribution in [0.5, 0.6) is 11.5 Å². The lowest BCUT2D eigenvalue weighted by Gasteiger charge is -2.65. The van der Waals surface area contributed by atoms with Gasteiger partial charge in [-0.3, -0.25) is 0 Å². The summed E-state index contributed by atoms with van der Waals surface area (Å²) in [6.45, 7) is 8.76. The molecule has 2 atom stereocenters. The smallest absolute Gasteiger partial charge is 0.163 e. The highest BCUT2D eigenvalue weighted by Crippen LogP contribution is 2.66. The first-order chi connectivity index (χ1) is 15.7. The van der Waals surface area contributed by atoms with Crippen LogP contribution in [0.4, 0.5) is 0 Å². The van der Waals surface area contributed by atoms with Crippen molar-refractivity contribution in [3.05, 3.63) is 57.6 Å². The first kappa shape index (κ1) is 23.3. The molecule has 0 radical (unpaired) electrons. The van der Waals surface area contributed by atoms with Gasteiger partial charge in [0.15, 0.2) is 11.5 Å². The van der Waals surface area contributed by atoms with Crippen molar-refractivity contribution in [2.45, 2.75) is 78.0 Å². The van der Waals surface area contributed by atoms with Crippen molar-refractivity contribution in [3.8, 4) is 11.5 Å². The predicted molar refractivity (Wildman–Crippen MR) is 135 cm³/mol. The lowest BCUT2D eigenvalue weighted by Crippen LogP contribution is -2.63. The Bertz CT molecular complexity index is 1020. The van der Waals surface area contributed by atoms with Gasteiger partial charge in [-0.25, -0.2) is 0 Å². The Morgan fingerprint density at radius 1 is 0.939 bits per heavy atom. The van der Waals surface area contributed by atoms with Crippen molar-refractivity contribution >= 4 is 23.2 Å². The minimum Gasteiger partial charge on any atom is -0.490 e. The molecule has 178 valence electrons. The molecule has 4 saturated carbocycles. The molecule has 4 bridgehead atoms. The number of hydrogen-bond donors (Lipinski definition) is 1. The standard InChI is InChI=1S/C28H35Cl2NO2/c1-4-32-24-9-21(23(30)10-25(24)33-15-19-6-5-7-22(29)8-19)14-31-28-13-20-11-26(2,17-28)16-27(3,12-20)18-28/h5-10,20,31H,4,11-18H2,1-3H3. The molecule has 0 spiro atoms. The highest BCUT2D eigenvalue weighted by Gasteiger charge is 2.59. The first-order valence-electron chi connectivity index (χ1n) is 12.3. The summed E-state index contributed by atoms with van der Waals surface area (Å²) >= 11 is 12.9. The van der Waals surface area contributed by atoms with E-state index in [4.69, 9.17) is 32.7 Å². The molecule has 2 unspecified atom stereocenters. The Morgan fingerprint density at radius 2 is 1.67 bits per heavy atom. The number of halogens is 2. The van der Waals surface area contributed by atoms with Gasteiger partial charge in [0.2, 0.25) is 0 Å². The molecule has 4 fully saturated rings. The second kappa shape index (κ2) is 8.66. The van der Waals surface area contributed by atoms with Gasteiger partial charge in [0.05, 0.1) is 6.61 Å². The van der Waals surface area contributed by atoms with E-state index in [1.54, 1.807) is 0 Å². The van der Waals surface area contributed by atoms with Gasteiger partial charge in [-0.1, -0.05) is 49.2 Å². The summed E-state index contributed by atoms with van der Waals surface area (Å²) in [6.07, 6.45) is 8.05. The van der Waals surface area contributed by atoms with Crippen LogP contribution in [0, 0.1) is 16.7 Å². The zero-order chi connectivity index (χ0) is 23.3. The average Bonchev–Trinajstić information content (AvgIpc) is 2.70. The summed E-state index contributed by atoms with van der Waals surface area (Å²) in [6, 6.07) is 11.6. The van der Waals surface area contributed by atoms with Crippen LogP contribution in [-0.2, 0) is 13.2 Å². The minimum atomic E-state index is 0.236. The molecule has 4 aliphatic rings. The molecular formula is C28H35Cl2NO2. The Labute approximate surface area is 208 Å². The van der Waals surface area contributed by atoms with Crippen molar-refractivity contribution < 1.29 is 9.47 Å². The van der Waals surface area contributed by atoms with Crippen LogP contribution < -0.4 is 14.8 Å². The van der Waals surface area contributed by atoms with E-state index >= 15 is 0 Å². The summed E-state index contributed by atoms with van der Waals surface area (Å²) in [7, 11) is 0. The van der Waals surface area contributed by atoms with Gasteiger partial charge < -0.3 is 14.8 Å². The Kier molecular flexibility index (Phi) is 6.12. The maximum Gasteiger partial charge on any atom is 0.163 e. The molecule has 0 heterocycles. The van der Waals surface area contributed by atoms with E-state index in [0.717, 1.165) is 29.3 Å². The maximum absolute atomic E-state index is 6.75. The number of ether oxygens (including phenoxy) is 2. The summed E-state index contributed by atoms with van der Waals surface area (Å²) in [5, 5.41) is 5.41. The summed E-state index contributed by atoms with van der Waals surface area (Å²) in [5.74, 6) is 2.27. The SMILES string of the molecule is CCOc1cc(CNC23CC4CC(C)(CC(C)(C4)C2)C3)c(Cl)cc1OCc1cccc(Cl)c1. The Morgan fingerprint density at radius 3 is 2.33 bits per heavy atom. The second-order valence-electron chi connectivity index (χ2n) is 11.5. The normalized spacial score (nSPS) is 32.2. The fraction of sp³-hybridized carbons (Fsp3) is 0.571. The number of hydrogen-bond acceptors (Lipinski definition) is 3. The number of nitrogens with one attached hydrogen (secondary N) is 1. The Hall–Kier alpha value is -1.42. The topological polar surface area (TPSA) is 30.5 Å². The average molecular weight is 488 g/mol. The van der Waals surface area contributed by atoms with Crippen LogP contribution in [-0.4, -0.2) is 12.1 Å². The van der Waals surface area contributed by atoms with Crippen molar-refractivity contribution in [2.24, 2.45) is 16.7 Å². The zero-order valence-corrected chi connectivity index (χ0v) is 21.5. The van der Waals surface area contributed by atoms with E-state index in [-0.39, 0.29) is 5.54 Å². The van der Waals surface area contributed by atoms with Gasteiger partial charge in [0, 0.05) is 28.2 Å². The van der Waals surface area contributed by atoms with Crippen LogP contribution in [0.2, 0.25) is 10.0 Å². The first-order valence-corrected chi connectivity index (χ1v) is 13.0. The third-order valence-corrected chi connectivity index (χ3v) is 8.56. The molecule has 0 aromatic heterocycles. The van der Waals surface area contributed by atoms with Crippen molar-refractivity contribution in [2.75, 3.05) is 6.61 Å². The van der Waals surface area contributed by atoms with Gasteiger partial charge in [0.1, 0.15) is 6.61 Å². The van der Waals surface area contributed by atoms with Gasteiger partial charge in [-0.05, 0) is 91.5 Å². The van der Waals surface area contributed by atoms with Gasteiger partial charge in [-0.15, -0.1) is 0 Å². The lowest BCUT2D eigenvalue weighted by atomic mass is 9.43. The van der Waals surface area contributed by atoms with E-state index in [1.807, 2.05) is 37.3 Å². The van der Waals surface area contributed by atoms with E-state index in [1.165, 1.54) is 38.5 Å². The van der Waals surface area contributed by atoms with E-state index in [2.05, 4.69) is 25.2 Å².